The molecule has 6 heteroatoms. The first-order chi connectivity index (χ1) is 12.3. The van der Waals surface area contributed by atoms with Crippen LogP contribution < -0.4 is 4.74 Å². The van der Waals surface area contributed by atoms with Crippen molar-refractivity contribution >= 4 is 44.7 Å². The molecule has 0 radical (unpaired) electrons. The van der Waals surface area contributed by atoms with Crippen molar-refractivity contribution in [3.8, 4) is 16.3 Å². The van der Waals surface area contributed by atoms with E-state index in [4.69, 9.17) is 14.7 Å². The third-order valence-electron chi connectivity index (χ3n) is 3.57. The van der Waals surface area contributed by atoms with Gasteiger partial charge in [-0.3, -0.25) is 0 Å². The Morgan fingerprint density at radius 2 is 1.96 bits per heavy atom. The van der Waals surface area contributed by atoms with Crippen LogP contribution in [0.3, 0.4) is 0 Å². The van der Waals surface area contributed by atoms with E-state index in [1.54, 1.807) is 34.4 Å². The predicted octanol–water partition coefficient (Wildman–Crippen LogP) is 6.11. The molecule has 3 nitrogen and oxygen atoms in total. The zero-order valence-electron chi connectivity index (χ0n) is 13.6. The van der Waals surface area contributed by atoms with Gasteiger partial charge in [-0.2, -0.15) is 0 Å². The van der Waals surface area contributed by atoms with E-state index in [-0.39, 0.29) is 0 Å². The largest absolute Gasteiger partial charge is 0.494 e. The van der Waals surface area contributed by atoms with Crippen LogP contribution in [-0.4, -0.2) is 16.6 Å². The smallest absolute Gasteiger partial charge is 0.151 e. The van der Waals surface area contributed by atoms with Gasteiger partial charge in [0.2, 0.25) is 0 Å². The van der Waals surface area contributed by atoms with Crippen molar-refractivity contribution in [1.82, 2.24) is 9.97 Å². The lowest BCUT2D eigenvalue weighted by Gasteiger charge is -2.00. The van der Waals surface area contributed by atoms with Crippen LogP contribution in [0, 0.1) is 0 Å². The molecule has 0 spiro atoms. The van der Waals surface area contributed by atoms with E-state index >= 15 is 0 Å². The normalized spacial score (nSPS) is 11.1. The van der Waals surface area contributed by atoms with Crippen molar-refractivity contribution < 1.29 is 4.74 Å². The fraction of sp³-hybridized carbons (Fsp3) is 0.158. The molecule has 126 valence electrons. The van der Waals surface area contributed by atoms with E-state index in [1.807, 2.05) is 37.3 Å². The molecule has 0 aliphatic carbocycles. The number of thioether (sulfide) groups is 1. The number of fused-ring (bicyclic) bond motifs is 1. The van der Waals surface area contributed by atoms with Gasteiger partial charge in [0.1, 0.15) is 10.8 Å². The van der Waals surface area contributed by atoms with E-state index in [1.165, 1.54) is 5.56 Å². The standard InChI is InChI=1S/C19H16N2OS3/c1-2-22-15-8-9-16-17(10-15)25-19(21-16)24-12-14-11-23-18(20-14)13-6-4-3-5-7-13/h3-11H,2,12H2,1H3. The van der Waals surface area contributed by atoms with Gasteiger partial charge in [0.25, 0.3) is 0 Å². The van der Waals surface area contributed by atoms with Gasteiger partial charge in [-0.15, -0.1) is 22.7 Å². The van der Waals surface area contributed by atoms with Crippen LogP contribution in [0.15, 0.2) is 58.3 Å². The lowest BCUT2D eigenvalue weighted by Crippen LogP contribution is -1.89. The Morgan fingerprint density at radius 1 is 1.08 bits per heavy atom. The van der Waals surface area contributed by atoms with Crippen molar-refractivity contribution in [3.63, 3.8) is 0 Å². The highest BCUT2D eigenvalue weighted by Gasteiger charge is 2.09. The number of nitrogens with zero attached hydrogens (tertiary/aromatic N) is 2. The second-order valence-electron chi connectivity index (χ2n) is 5.34. The summed E-state index contributed by atoms with van der Waals surface area (Å²) in [5.74, 6) is 1.74. The molecule has 0 unspecified atom stereocenters. The second kappa shape index (κ2) is 7.56. The van der Waals surface area contributed by atoms with Gasteiger partial charge in [0, 0.05) is 16.7 Å². The highest BCUT2D eigenvalue weighted by atomic mass is 32.2. The highest BCUT2D eigenvalue weighted by molar-refractivity contribution is 8.00. The number of hydrogen-bond donors (Lipinski definition) is 0. The zero-order valence-corrected chi connectivity index (χ0v) is 16.1. The molecule has 4 rings (SSSR count). The van der Waals surface area contributed by atoms with Crippen LogP contribution >= 0.6 is 34.4 Å². The average molecular weight is 385 g/mol. The van der Waals surface area contributed by atoms with Gasteiger partial charge in [-0.05, 0) is 25.1 Å². The van der Waals surface area contributed by atoms with E-state index in [9.17, 15) is 0 Å². The summed E-state index contributed by atoms with van der Waals surface area (Å²) in [7, 11) is 0. The minimum Gasteiger partial charge on any atom is -0.494 e. The molecule has 25 heavy (non-hydrogen) atoms. The van der Waals surface area contributed by atoms with Gasteiger partial charge in [0.15, 0.2) is 4.34 Å². The summed E-state index contributed by atoms with van der Waals surface area (Å²) in [5.41, 5.74) is 3.30. The second-order valence-corrected chi connectivity index (χ2v) is 8.45. The number of aromatic nitrogens is 2. The summed E-state index contributed by atoms with van der Waals surface area (Å²) >= 11 is 5.14. The third-order valence-corrected chi connectivity index (χ3v) is 6.70. The Morgan fingerprint density at radius 3 is 2.80 bits per heavy atom. The molecule has 0 atom stereocenters. The number of benzene rings is 2. The molecule has 0 N–H and O–H groups in total. The molecule has 0 aliphatic rings. The molecule has 2 aromatic heterocycles. The Kier molecular flexibility index (Phi) is 5.01. The van der Waals surface area contributed by atoms with E-state index in [0.717, 1.165) is 36.8 Å². The van der Waals surface area contributed by atoms with Gasteiger partial charge >= 0.3 is 0 Å². The summed E-state index contributed by atoms with van der Waals surface area (Å²) in [6.07, 6.45) is 0. The molecular formula is C19H16N2OS3. The molecule has 0 saturated heterocycles. The van der Waals surface area contributed by atoms with Gasteiger partial charge in [-0.1, -0.05) is 42.1 Å². The summed E-state index contributed by atoms with van der Waals surface area (Å²) in [4.78, 5) is 9.44. The van der Waals surface area contributed by atoms with Crippen LogP contribution in [-0.2, 0) is 5.75 Å². The Balaban J connectivity index is 1.46. The number of hydrogen-bond acceptors (Lipinski definition) is 6. The van der Waals surface area contributed by atoms with E-state index in [0.29, 0.717) is 6.61 Å². The summed E-state index contributed by atoms with van der Waals surface area (Å²) in [5, 5.41) is 3.21. The number of thiazole rings is 2. The van der Waals surface area contributed by atoms with Gasteiger partial charge in [-0.25, -0.2) is 9.97 Å². The maximum Gasteiger partial charge on any atom is 0.151 e. The summed E-state index contributed by atoms with van der Waals surface area (Å²) < 4.78 is 7.79. The third kappa shape index (κ3) is 3.86. The molecule has 0 aliphatic heterocycles. The first-order valence-electron chi connectivity index (χ1n) is 7.98. The predicted molar refractivity (Wildman–Crippen MR) is 108 cm³/mol. The van der Waals surface area contributed by atoms with Crippen molar-refractivity contribution in [2.24, 2.45) is 0 Å². The van der Waals surface area contributed by atoms with E-state index < -0.39 is 0 Å². The zero-order chi connectivity index (χ0) is 17.1. The highest BCUT2D eigenvalue weighted by Crippen LogP contribution is 2.34. The van der Waals surface area contributed by atoms with Crippen LogP contribution in [0.5, 0.6) is 5.75 Å². The monoisotopic (exact) mass is 384 g/mol. The van der Waals surface area contributed by atoms with Crippen LogP contribution in [0.1, 0.15) is 12.6 Å². The average Bonchev–Trinajstić information content (AvgIpc) is 3.27. The minimum atomic E-state index is 0.680. The van der Waals surface area contributed by atoms with Gasteiger partial charge < -0.3 is 4.74 Å². The van der Waals surface area contributed by atoms with Crippen LogP contribution in [0.25, 0.3) is 20.8 Å². The topological polar surface area (TPSA) is 35.0 Å². The Hall–Kier alpha value is -1.89. The van der Waals surface area contributed by atoms with Crippen molar-refractivity contribution in [2.45, 2.75) is 17.0 Å². The molecule has 0 fully saturated rings. The van der Waals surface area contributed by atoms with Crippen LogP contribution in [0.2, 0.25) is 0 Å². The fourth-order valence-corrected chi connectivity index (χ4v) is 5.34. The molecule has 0 saturated carbocycles. The van der Waals surface area contributed by atoms with Gasteiger partial charge in [0.05, 0.1) is 22.5 Å². The lowest BCUT2D eigenvalue weighted by molar-refractivity contribution is 0.341. The number of rotatable bonds is 6. The molecule has 0 amide bonds. The summed E-state index contributed by atoms with van der Waals surface area (Å²) in [6, 6.07) is 16.4. The maximum absolute atomic E-state index is 5.56. The number of ether oxygens (including phenoxy) is 1. The first kappa shape index (κ1) is 16.6. The first-order valence-corrected chi connectivity index (χ1v) is 10.7. The molecule has 4 aromatic rings. The molecule has 2 heterocycles. The minimum absolute atomic E-state index is 0.680. The molecular weight excluding hydrogens is 368 g/mol. The summed E-state index contributed by atoms with van der Waals surface area (Å²) in [6.45, 7) is 2.68. The lowest BCUT2D eigenvalue weighted by atomic mass is 10.2. The SMILES string of the molecule is CCOc1ccc2nc(SCc3csc(-c4ccccc4)n3)sc2c1. The van der Waals surface area contributed by atoms with E-state index in [2.05, 4.69) is 23.6 Å². The van der Waals surface area contributed by atoms with Crippen molar-refractivity contribution in [2.75, 3.05) is 6.61 Å². The quantitative estimate of drug-likeness (QED) is 0.376. The van der Waals surface area contributed by atoms with Crippen molar-refractivity contribution in [3.05, 3.63) is 59.6 Å². The Bertz CT molecular complexity index is 979. The van der Waals surface area contributed by atoms with Crippen molar-refractivity contribution in [1.29, 1.82) is 0 Å². The maximum atomic E-state index is 5.56. The van der Waals surface area contributed by atoms with Crippen LogP contribution in [0.4, 0.5) is 0 Å². The Labute approximate surface area is 158 Å². The fourth-order valence-electron chi connectivity index (χ4n) is 2.42. The molecule has 2 aromatic carbocycles. The molecule has 0 bridgehead atoms.